The lowest BCUT2D eigenvalue weighted by atomic mass is 10.00. The molecular weight excluding hydrogens is 212 g/mol. The fourth-order valence-corrected chi connectivity index (χ4v) is 1.86. The highest BCUT2D eigenvalue weighted by atomic mass is 16.2. The van der Waals surface area contributed by atoms with Crippen molar-refractivity contribution in [2.75, 3.05) is 0 Å². The van der Waals surface area contributed by atoms with Gasteiger partial charge in [0.2, 0.25) is 5.91 Å². The fraction of sp³-hybridized carbons (Fsp3) is 0.929. The Balaban J connectivity index is 4.04. The van der Waals surface area contributed by atoms with E-state index >= 15 is 0 Å². The van der Waals surface area contributed by atoms with Crippen molar-refractivity contribution >= 4 is 5.91 Å². The normalized spacial score (nSPS) is 18.2. The van der Waals surface area contributed by atoms with Crippen LogP contribution in [0.3, 0.4) is 0 Å². The molecule has 0 aromatic heterocycles. The smallest absolute Gasteiger partial charge is 0.237 e. The Labute approximate surface area is 107 Å². The molecule has 0 aliphatic heterocycles. The van der Waals surface area contributed by atoms with Gasteiger partial charge in [0, 0.05) is 12.1 Å². The van der Waals surface area contributed by atoms with E-state index in [0.717, 1.165) is 19.3 Å². The van der Waals surface area contributed by atoms with Crippen LogP contribution in [0.1, 0.15) is 60.8 Å². The summed E-state index contributed by atoms with van der Waals surface area (Å²) in [5.74, 6) is 0.708. The molecule has 0 saturated heterocycles. The van der Waals surface area contributed by atoms with E-state index in [1.807, 2.05) is 6.92 Å². The summed E-state index contributed by atoms with van der Waals surface area (Å²) >= 11 is 0. The highest BCUT2D eigenvalue weighted by Crippen LogP contribution is 2.07. The first-order valence-electron chi connectivity index (χ1n) is 6.98. The third-order valence-corrected chi connectivity index (χ3v) is 3.51. The SMILES string of the molecule is CCCC(C)NC(=O)C(C)NC(C)C(C)CC. The van der Waals surface area contributed by atoms with Crippen LogP contribution < -0.4 is 10.6 Å². The van der Waals surface area contributed by atoms with Gasteiger partial charge in [0.25, 0.3) is 0 Å². The maximum Gasteiger partial charge on any atom is 0.237 e. The van der Waals surface area contributed by atoms with Gasteiger partial charge in [0.15, 0.2) is 0 Å². The molecule has 0 saturated carbocycles. The van der Waals surface area contributed by atoms with E-state index in [9.17, 15) is 4.79 Å². The predicted molar refractivity (Wildman–Crippen MR) is 74.0 cm³/mol. The van der Waals surface area contributed by atoms with E-state index in [1.54, 1.807) is 0 Å². The van der Waals surface area contributed by atoms with Crippen molar-refractivity contribution in [3.05, 3.63) is 0 Å². The van der Waals surface area contributed by atoms with Gasteiger partial charge in [-0.2, -0.15) is 0 Å². The van der Waals surface area contributed by atoms with Crippen molar-refractivity contribution in [1.29, 1.82) is 0 Å². The molecule has 0 aromatic carbocycles. The zero-order chi connectivity index (χ0) is 13.4. The summed E-state index contributed by atoms with van der Waals surface area (Å²) in [6.45, 7) is 12.7. The number of carbonyl (C=O) groups excluding carboxylic acids is 1. The van der Waals surface area contributed by atoms with Crippen LogP contribution in [-0.2, 0) is 4.79 Å². The summed E-state index contributed by atoms with van der Waals surface area (Å²) in [5, 5.41) is 6.41. The molecule has 4 atom stereocenters. The van der Waals surface area contributed by atoms with E-state index in [2.05, 4.69) is 45.3 Å². The summed E-state index contributed by atoms with van der Waals surface area (Å²) in [4.78, 5) is 11.9. The average molecular weight is 242 g/mol. The molecule has 102 valence electrons. The molecule has 0 fully saturated rings. The minimum atomic E-state index is -0.113. The number of amides is 1. The Hall–Kier alpha value is -0.570. The van der Waals surface area contributed by atoms with Crippen LogP contribution in [0, 0.1) is 5.92 Å². The quantitative estimate of drug-likeness (QED) is 0.687. The molecule has 1 amide bonds. The minimum absolute atomic E-state index is 0.112. The number of carbonyl (C=O) groups is 1. The summed E-state index contributed by atoms with van der Waals surface area (Å²) in [7, 11) is 0. The zero-order valence-corrected chi connectivity index (χ0v) is 12.3. The van der Waals surface area contributed by atoms with Crippen molar-refractivity contribution in [2.24, 2.45) is 5.92 Å². The van der Waals surface area contributed by atoms with Gasteiger partial charge in [-0.1, -0.05) is 33.6 Å². The molecule has 0 radical (unpaired) electrons. The molecule has 2 N–H and O–H groups in total. The van der Waals surface area contributed by atoms with Crippen LogP contribution >= 0.6 is 0 Å². The van der Waals surface area contributed by atoms with E-state index in [1.165, 1.54) is 0 Å². The van der Waals surface area contributed by atoms with Crippen LogP contribution in [0.5, 0.6) is 0 Å². The molecule has 0 bridgehead atoms. The largest absolute Gasteiger partial charge is 0.352 e. The summed E-state index contributed by atoms with van der Waals surface area (Å²) in [6, 6.07) is 0.538. The highest BCUT2D eigenvalue weighted by molar-refractivity contribution is 5.81. The average Bonchev–Trinajstić information content (AvgIpc) is 2.27. The molecule has 4 unspecified atom stereocenters. The molecule has 0 aromatic rings. The standard InChI is InChI=1S/C14H30N2O/c1-7-9-11(4)15-14(17)13(6)16-12(5)10(3)8-2/h10-13,16H,7-9H2,1-6H3,(H,15,17). The topological polar surface area (TPSA) is 41.1 Å². The van der Waals surface area contributed by atoms with Gasteiger partial charge >= 0.3 is 0 Å². The third-order valence-electron chi connectivity index (χ3n) is 3.51. The van der Waals surface area contributed by atoms with Gasteiger partial charge in [0.1, 0.15) is 0 Å². The van der Waals surface area contributed by atoms with Crippen LogP contribution in [0.25, 0.3) is 0 Å². The fourth-order valence-electron chi connectivity index (χ4n) is 1.86. The van der Waals surface area contributed by atoms with Crippen molar-refractivity contribution < 1.29 is 4.79 Å². The lowest BCUT2D eigenvalue weighted by Crippen LogP contribution is -2.49. The van der Waals surface area contributed by atoms with Crippen LogP contribution in [0.2, 0.25) is 0 Å². The molecule has 3 nitrogen and oxygen atoms in total. The van der Waals surface area contributed by atoms with Crippen LogP contribution in [-0.4, -0.2) is 24.0 Å². The predicted octanol–water partition coefficient (Wildman–Crippen LogP) is 2.70. The molecule has 0 heterocycles. The Morgan fingerprint density at radius 3 is 2.18 bits per heavy atom. The van der Waals surface area contributed by atoms with Gasteiger partial charge in [-0.15, -0.1) is 0 Å². The number of rotatable bonds is 8. The monoisotopic (exact) mass is 242 g/mol. The summed E-state index contributed by atoms with van der Waals surface area (Å²) < 4.78 is 0. The lowest BCUT2D eigenvalue weighted by Gasteiger charge is -2.25. The van der Waals surface area contributed by atoms with Gasteiger partial charge in [-0.3, -0.25) is 4.79 Å². The first kappa shape index (κ1) is 16.4. The Morgan fingerprint density at radius 1 is 1.12 bits per heavy atom. The summed E-state index contributed by atoms with van der Waals surface area (Å²) in [5.41, 5.74) is 0. The van der Waals surface area contributed by atoms with Gasteiger partial charge in [0.05, 0.1) is 6.04 Å². The molecule has 17 heavy (non-hydrogen) atoms. The van der Waals surface area contributed by atoms with E-state index in [0.29, 0.717) is 12.0 Å². The minimum Gasteiger partial charge on any atom is -0.352 e. The second-order valence-electron chi connectivity index (χ2n) is 5.26. The highest BCUT2D eigenvalue weighted by Gasteiger charge is 2.19. The Morgan fingerprint density at radius 2 is 1.71 bits per heavy atom. The molecule has 0 aliphatic rings. The van der Waals surface area contributed by atoms with Gasteiger partial charge in [-0.25, -0.2) is 0 Å². The molecular formula is C14H30N2O. The van der Waals surface area contributed by atoms with E-state index in [4.69, 9.17) is 0 Å². The van der Waals surface area contributed by atoms with Crippen molar-refractivity contribution in [1.82, 2.24) is 10.6 Å². The first-order chi connectivity index (χ1) is 7.92. The Kier molecular flexibility index (Phi) is 8.23. The number of hydrogen-bond acceptors (Lipinski definition) is 2. The second kappa shape index (κ2) is 8.51. The maximum absolute atomic E-state index is 11.9. The van der Waals surface area contributed by atoms with Crippen molar-refractivity contribution in [3.8, 4) is 0 Å². The molecule has 0 rings (SSSR count). The Bertz CT molecular complexity index is 218. The third kappa shape index (κ3) is 6.67. The molecule has 3 heteroatoms. The zero-order valence-electron chi connectivity index (χ0n) is 12.3. The van der Waals surface area contributed by atoms with Crippen molar-refractivity contribution in [3.63, 3.8) is 0 Å². The number of nitrogens with one attached hydrogen (secondary N) is 2. The molecule has 0 aliphatic carbocycles. The van der Waals surface area contributed by atoms with E-state index < -0.39 is 0 Å². The van der Waals surface area contributed by atoms with E-state index in [-0.39, 0.29) is 18.0 Å². The number of hydrogen-bond donors (Lipinski definition) is 2. The van der Waals surface area contributed by atoms with Gasteiger partial charge < -0.3 is 10.6 Å². The van der Waals surface area contributed by atoms with Crippen LogP contribution in [0.15, 0.2) is 0 Å². The van der Waals surface area contributed by atoms with Crippen molar-refractivity contribution in [2.45, 2.75) is 78.9 Å². The first-order valence-corrected chi connectivity index (χ1v) is 6.98. The van der Waals surface area contributed by atoms with Crippen LogP contribution in [0.4, 0.5) is 0 Å². The molecule has 0 spiro atoms. The second-order valence-corrected chi connectivity index (χ2v) is 5.26. The maximum atomic E-state index is 11.9. The van der Waals surface area contributed by atoms with Gasteiger partial charge in [-0.05, 0) is 33.1 Å². The summed E-state index contributed by atoms with van der Waals surface area (Å²) in [6.07, 6.45) is 3.28. The lowest BCUT2D eigenvalue weighted by molar-refractivity contribution is -0.123.